The first-order valence-corrected chi connectivity index (χ1v) is 6.23. The number of anilines is 2. The number of rotatable bonds is 2. The molecule has 0 saturated carbocycles. The summed E-state index contributed by atoms with van der Waals surface area (Å²) < 4.78 is 13.0. The van der Waals surface area contributed by atoms with Gasteiger partial charge >= 0.3 is 0 Å². The molecule has 2 heteroatoms. The number of hydrogen-bond donors (Lipinski definition) is 0. The number of benzene rings is 3. The first-order valence-electron chi connectivity index (χ1n) is 6.23. The quantitative estimate of drug-likeness (QED) is 0.635. The molecule has 0 aliphatic heterocycles. The molecule has 0 N–H and O–H groups in total. The molecule has 1 nitrogen and oxygen atoms in total. The molecule has 0 bridgehead atoms. The molecule has 0 fully saturated rings. The molecule has 19 heavy (non-hydrogen) atoms. The van der Waals surface area contributed by atoms with Gasteiger partial charge in [-0.2, -0.15) is 0 Å². The molecule has 0 aliphatic rings. The van der Waals surface area contributed by atoms with Crippen molar-refractivity contribution in [3.8, 4) is 0 Å². The third kappa shape index (κ3) is 2.17. The molecule has 0 aliphatic carbocycles. The zero-order valence-electron chi connectivity index (χ0n) is 10.7. The smallest absolute Gasteiger partial charge is 0.123 e. The van der Waals surface area contributed by atoms with Gasteiger partial charge in [-0.1, -0.05) is 36.4 Å². The topological polar surface area (TPSA) is 3.24 Å². The lowest BCUT2D eigenvalue weighted by Gasteiger charge is -2.21. The minimum absolute atomic E-state index is 0.213. The predicted molar refractivity (Wildman–Crippen MR) is 78.4 cm³/mol. The van der Waals surface area contributed by atoms with Crippen molar-refractivity contribution >= 4 is 22.1 Å². The van der Waals surface area contributed by atoms with Crippen LogP contribution in [0.1, 0.15) is 0 Å². The SMILES string of the molecule is CN(c1ccc(F)cc1)c1cccc2ccccc12. The monoisotopic (exact) mass is 251 g/mol. The van der Waals surface area contributed by atoms with Crippen molar-refractivity contribution in [2.45, 2.75) is 0 Å². The van der Waals surface area contributed by atoms with Crippen molar-refractivity contribution in [1.29, 1.82) is 0 Å². The third-order valence-electron chi connectivity index (χ3n) is 3.34. The van der Waals surface area contributed by atoms with Gasteiger partial charge in [0.25, 0.3) is 0 Å². The average molecular weight is 251 g/mol. The van der Waals surface area contributed by atoms with E-state index in [1.807, 2.05) is 25.2 Å². The first kappa shape index (κ1) is 11.7. The van der Waals surface area contributed by atoms with E-state index in [-0.39, 0.29) is 5.82 Å². The Bertz CT molecular complexity index is 699. The molecule has 0 amide bonds. The van der Waals surface area contributed by atoms with E-state index in [2.05, 4.69) is 29.2 Å². The van der Waals surface area contributed by atoms with Crippen molar-refractivity contribution in [3.05, 3.63) is 72.5 Å². The molecule has 0 radical (unpaired) electrons. The lowest BCUT2D eigenvalue weighted by atomic mass is 10.1. The second-order valence-corrected chi connectivity index (χ2v) is 4.53. The van der Waals surface area contributed by atoms with Gasteiger partial charge in [0.15, 0.2) is 0 Å². The summed E-state index contributed by atoms with van der Waals surface area (Å²) >= 11 is 0. The fourth-order valence-corrected chi connectivity index (χ4v) is 2.30. The zero-order chi connectivity index (χ0) is 13.2. The molecule has 3 aromatic rings. The van der Waals surface area contributed by atoms with E-state index >= 15 is 0 Å². The Labute approximate surface area is 111 Å². The molecule has 0 saturated heterocycles. The Morgan fingerprint density at radius 1 is 0.789 bits per heavy atom. The molecule has 3 aromatic carbocycles. The molecule has 0 spiro atoms. The summed E-state index contributed by atoms with van der Waals surface area (Å²) in [5.41, 5.74) is 2.09. The summed E-state index contributed by atoms with van der Waals surface area (Å²) in [6.07, 6.45) is 0. The van der Waals surface area contributed by atoms with Crippen LogP contribution in [0.5, 0.6) is 0 Å². The maximum atomic E-state index is 13.0. The minimum Gasteiger partial charge on any atom is -0.344 e. The molecule has 3 rings (SSSR count). The Kier molecular flexibility index (Phi) is 2.92. The first-order chi connectivity index (χ1) is 9.25. The summed E-state index contributed by atoms with van der Waals surface area (Å²) in [5, 5.41) is 2.39. The Hall–Kier alpha value is -2.35. The molecule has 94 valence electrons. The van der Waals surface area contributed by atoms with Gasteiger partial charge in [0.05, 0.1) is 0 Å². The summed E-state index contributed by atoms with van der Waals surface area (Å²) in [7, 11) is 2.00. The maximum absolute atomic E-state index is 13.0. The standard InChI is InChI=1S/C17H14FN/c1-19(15-11-9-14(18)10-12-15)17-8-4-6-13-5-2-3-7-16(13)17/h2-12H,1H3. The van der Waals surface area contributed by atoms with E-state index < -0.39 is 0 Å². The highest BCUT2D eigenvalue weighted by molar-refractivity contribution is 5.95. The second-order valence-electron chi connectivity index (χ2n) is 4.53. The lowest BCUT2D eigenvalue weighted by molar-refractivity contribution is 0.628. The van der Waals surface area contributed by atoms with Crippen molar-refractivity contribution in [1.82, 2.24) is 0 Å². The fourth-order valence-electron chi connectivity index (χ4n) is 2.30. The average Bonchev–Trinajstić information content (AvgIpc) is 2.47. The van der Waals surface area contributed by atoms with Gasteiger partial charge < -0.3 is 4.90 Å². The molecular formula is C17H14FN. The fraction of sp³-hybridized carbons (Fsp3) is 0.0588. The van der Waals surface area contributed by atoms with E-state index in [0.717, 1.165) is 11.4 Å². The maximum Gasteiger partial charge on any atom is 0.123 e. The summed E-state index contributed by atoms with van der Waals surface area (Å²) in [6.45, 7) is 0. The predicted octanol–water partition coefficient (Wildman–Crippen LogP) is 4.75. The lowest BCUT2D eigenvalue weighted by Crippen LogP contribution is -2.09. The van der Waals surface area contributed by atoms with Crippen molar-refractivity contribution in [2.24, 2.45) is 0 Å². The van der Waals surface area contributed by atoms with Gasteiger partial charge in [0.1, 0.15) is 5.82 Å². The van der Waals surface area contributed by atoms with Gasteiger partial charge in [-0.25, -0.2) is 4.39 Å². The van der Waals surface area contributed by atoms with Gasteiger partial charge in [-0.3, -0.25) is 0 Å². The van der Waals surface area contributed by atoms with E-state index in [4.69, 9.17) is 0 Å². The summed E-state index contributed by atoms with van der Waals surface area (Å²) in [4.78, 5) is 2.07. The van der Waals surface area contributed by atoms with Crippen molar-refractivity contribution < 1.29 is 4.39 Å². The number of nitrogens with zero attached hydrogens (tertiary/aromatic N) is 1. The number of fused-ring (bicyclic) bond motifs is 1. The zero-order valence-corrected chi connectivity index (χ0v) is 10.7. The third-order valence-corrected chi connectivity index (χ3v) is 3.34. The normalized spacial score (nSPS) is 10.6. The van der Waals surface area contributed by atoms with Crippen LogP contribution in [0.3, 0.4) is 0 Å². The van der Waals surface area contributed by atoms with E-state index in [0.29, 0.717) is 0 Å². The molecular weight excluding hydrogens is 237 g/mol. The van der Waals surface area contributed by atoms with Crippen LogP contribution in [-0.2, 0) is 0 Å². The van der Waals surface area contributed by atoms with Gasteiger partial charge in [-0.15, -0.1) is 0 Å². The van der Waals surface area contributed by atoms with Crippen LogP contribution >= 0.6 is 0 Å². The molecule has 0 aromatic heterocycles. The van der Waals surface area contributed by atoms with Crippen LogP contribution in [0.25, 0.3) is 10.8 Å². The van der Waals surface area contributed by atoms with Crippen LogP contribution in [0.2, 0.25) is 0 Å². The van der Waals surface area contributed by atoms with Crippen molar-refractivity contribution in [2.75, 3.05) is 11.9 Å². The highest BCUT2D eigenvalue weighted by Crippen LogP contribution is 2.30. The highest BCUT2D eigenvalue weighted by atomic mass is 19.1. The van der Waals surface area contributed by atoms with Crippen LogP contribution in [0, 0.1) is 5.82 Å². The van der Waals surface area contributed by atoms with Crippen LogP contribution in [-0.4, -0.2) is 7.05 Å². The Morgan fingerprint density at radius 3 is 2.26 bits per heavy atom. The highest BCUT2D eigenvalue weighted by Gasteiger charge is 2.07. The van der Waals surface area contributed by atoms with E-state index in [1.54, 1.807) is 12.1 Å². The van der Waals surface area contributed by atoms with Crippen LogP contribution in [0.4, 0.5) is 15.8 Å². The number of hydrogen-bond acceptors (Lipinski definition) is 1. The Balaban J connectivity index is 2.11. The number of halogens is 1. The molecule has 0 unspecified atom stereocenters. The van der Waals surface area contributed by atoms with Gasteiger partial charge in [0.2, 0.25) is 0 Å². The molecule has 0 heterocycles. The molecule has 0 atom stereocenters. The second kappa shape index (κ2) is 4.73. The minimum atomic E-state index is -0.213. The van der Waals surface area contributed by atoms with Gasteiger partial charge in [0, 0.05) is 23.8 Å². The van der Waals surface area contributed by atoms with Crippen LogP contribution in [0.15, 0.2) is 66.7 Å². The van der Waals surface area contributed by atoms with Crippen molar-refractivity contribution in [3.63, 3.8) is 0 Å². The largest absolute Gasteiger partial charge is 0.344 e. The van der Waals surface area contributed by atoms with Crippen LogP contribution < -0.4 is 4.90 Å². The summed E-state index contributed by atoms with van der Waals surface area (Å²) in [6, 6.07) is 21.0. The summed E-state index contributed by atoms with van der Waals surface area (Å²) in [5.74, 6) is -0.213. The Morgan fingerprint density at radius 2 is 1.47 bits per heavy atom. The van der Waals surface area contributed by atoms with E-state index in [9.17, 15) is 4.39 Å². The van der Waals surface area contributed by atoms with Gasteiger partial charge in [-0.05, 0) is 35.7 Å². The van der Waals surface area contributed by atoms with E-state index in [1.165, 1.54) is 22.9 Å².